The highest BCUT2D eigenvalue weighted by Crippen LogP contribution is 2.22. The highest BCUT2D eigenvalue weighted by Gasteiger charge is 2.26. The number of pyridine rings is 1. The number of esters is 1. The molecule has 0 N–H and O–H groups in total. The van der Waals surface area contributed by atoms with E-state index in [0.717, 1.165) is 10.7 Å². The second kappa shape index (κ2) is 4.44. The zero-order valence-electron chi connectivity index (χ0n) is 8.21. The number of rotatable bonds is 2. The molecule has 0 spiro atoms. The molecule has 0 saturated carbocycles. The van der Waals surface area contributed by atoms with E-state index in [2.05, 4.69) is 14.7 Å². The van der Waals surface area contributed by atoms with Gasteiger partial charge in [0.25, 0.3) is 0 Å². The SMILES string of the molecule is COC(=O)C1CSC(c2ccccn2)=N1. The van der Waals surface area contributed by atoms with Crippen LogP contribution in [-0.2, 0) is 9.53 Å². The van der Waals surface area contributed by atoms with Gasteiger partial charge in [0.2, 0.25) is 0 Å². The molecule has 4 nitrogen and oxygen atoms in total. The topological polar surface area (TPSA) is 51.5 Å². The standard InChI is InChI=1S/C10H10N2O2S/c1-14-10(13)8-6-15-9(12-8)7-4-2-3-5-11-7/h2-5,8H,6H2,1H3. The van der Waals surface area contributed by atoms with Crippen molar-refractivity contribution in [1.29, 1.82) is 0 Å². The molecular formula is C10H10N2O2S. The number of nitrogens with zero attached hydrogens (tertiary/aromatic N) is 2. The fourth-order valence-corrected chi connectivity index (χ4v) is 2.26. The Bertz CT molecular complexity index is 392. The summed E-state index contributed by atoms with van der Waals surface area (Å²) < 4.78 is 4.64. The Hall–Kier alpha value is -1.36. The molecule has 1 aromatic heterocycles. The van der Waals surface area contributed by atoms with E-state index in [1.54, 1.807) is 6.20 Å². The van der Waals surface area contributed by atoms with Crippen LogP contribution in [0.5, 0.6) is 0 Å². The van der Waals surface area contributed by atoms with Gasteiger partial charge in [0.1, 0.15) is 5.04 Å². The van der Waals surface area contributed by atoms with Gasteiger partial charge in [0, 0.05) is 11.9 Å². The number of aromatic nitrogens is 1. The minimum Gasteiger partial charge on any atom is -0.467 e. The molecule has 15 heavy (non-hydrogen) atoms. The number of carbonyl (C=O) groups is 1. The fourth-order valence-electron chi connectivity index (χ4n) is 1.26. The first-order valence-electron chi connectivity index (χ1n) is 4.51. The van der Waals surface area contributed by atoms with Crippen LogP contribution in [0.25, 0.3) is 0 Å². The average Bonchev–Trinajstić information content (AvgIpc) is 2.78. The van der Waals surface area contributed by atoms with Gasteiger partial charge in [0.15, 0.2) is 6.04 Å². The van der Waals surface area contributed by atoms with Gasteiger partial charge in [-0.3, -0.25) is 9.98 Å². The summed E-state index contributed by atoms with van der Waals surface area (Å²) in [4.78, 5) is 19.7. The summed E-state index contributed by atoms with van der Waals surface area (Å²) in [6, 6.07) is 5.25. The molecule has 1 unspecified atom stereocenters. The lowest BCUT2D eigenvalue weighted by atomic mass is 10.3. The third kappa shape index (κ3) is 2.18. The maximum atomic E-state index is 11.2. The smallest absolute Gasteiger partial charge is 0.331 e. The number of ether oxygens (including phenoxy) is 1. The summed E-state index contributed by atoms with van der Waals surface area (Å²) in [6.45, 7) is 0. The van der Waals surface area contributed by atoms with E-state index < -0.39 is 0 Å². The van der Waals surface area contributed by atoms with Crippen molar-refractivity contribution in [2.24, 2.45) is 4.99 Å². The molecular weight excluding hydrogens is 212 g/mol. The van der Waals surface area contributed by atoms with Gasteiger partial charge in [-0.2, -0.15) is 0 Å². The maximum Gasteiger partial charge on any atom is 0.331 e. The first-order valence-corrected chi connectivity index (χ1v) is 5.49. The summed E-state index contributed by atoms with van der Waals surface area (Å²) in [5, 5.41) is 0.811. The lowest BCUT2D eigenvalue weighted by Crippen LogP contribution is -2.19. The highest BCUT2D eigenvalue weighted by molar-refractivity contribution is 8.14. The Balaban J connectivity index is 2.17. The van der Waals surface area contributed by atoms with Gasteiger partial charge in [-0.05, 0) is 12.1 Å². The highest BCUT2D eigenvalue weighted by atomic mass is 32.2. The van der Waals surface area contributed by atoms with Crippen LogP contribution in [0.2, 0.25) is 0 Å². The van der Waals surface area contributed by atoms with Crippen molar-refractivity contribution < 1.29 is 9.53 Å². The second-order valence-electron chi connectivity index (χ2n) is 3.00. The van der Waals surface area contributed by atoms with Crippen LogP contribution >= 0.6 is 11.8 Å². The molecule has 0 radical (unpaired) electrons. The Morgan fingerprint density at radius 2 is 2.47 bits per heavy atom. The zero-order valence-corrected chi connectivity index (χ0v) is 9.03. The van der Waals surface area contributed by atoms with E-state index in [1.807, 2.05) is 18.2 Å². The molecule has 2 rings (SSSR count). The van der Waals surface area contributed by atoms with Crippen LogP contribution < -0.4 is 0 Å². The Kier molecular flexibility index (Phi) is 3.01. The van der Waals surface area contributed by atoms with E-state index in [0.29, 0.717) is 5.75 Å². The summed E-state index contributed by atoms with van der Waals surface area (Å²) in [5.41, 5.74) is 0.814. The molecule has 0 amide bonds. The molecule has 0 aromatic carbocycles. The maximum absolute atomic E-state index is 11.2. The lowest BCUT2D eigenvalue weighted by Gasteiger charge is -2.00. The predicted octanol–water partition coefficient (Wildman–Crippen LogP) is 1.12. The third-order valence-corrected chi connectivity index (χ3v) is 3.08. The molecule has 1 atom stereocenters. The van der Waals surface area contributed by atoms with Crippen LogP contribution in [0.4, 0.5) is 0 Å². The molecule has 1 aliphatic heterocycles. The number of hydrogen-bond donors (Lipinski definition) is 0. The van der Waals surface area contributed by atoms with Crippen molar-refractivity contribution in [1.82, 2.24) is 4.98 Å². The van der Waals surface area contributed by atoms with Crippen molar-refractivity contribution in [2.45, 2.75) is 6.04 Å². The first kappa shape index (κ1) is 10.2. The molecule has 5 heteroatoms. The molecule has 1 aliphatic rings. The quantitative estimate of drug-likeness (QED) is 0.703. The van der Waals surface area contributed by atoms with E-state index in [4.69, 9.17) is 0 Å². The van der Waals surface area contributed by atoms with Crippen LogP contribution in [0.1, 0.15) is 5.69 Å². The fraction of sp³-hybridized carbons (Fsp3) is 0.300. The summed E-state index contributed by atoms with van der Waals surface area (Å²) >= 11 is 1.53. The number of hydrogen-bond acceptors (Lipinski definition) is 5. The van der Waals surface area contributed by atoms with Crippen molar-refractivity contribution in [3.05, 3.63) is 30.1 Å². The van der Waals surface area contributed by atoms with E-state index in [-0.39, 0.29) is 12.0 Å². The number of carbonyl (C=O) groups excluding carboxylic acids is 1. The minimum atomic E-state index is -0.378. The van der Waals surface area contributed by atoms with Crippen molar-refractivity contribution in [3.8, 4) is 0 Å². The molecule has 0 aliphatic carbocycles. The first-order chi connectivity index (χ1) is 7.31. The molecule has 1 aromatic rings. The van der Waals surface area contributed by atoms with E-state index in [1.165, 1.54) is 18.9 Å². The normalized spacial score (nSPS) is 19.8. The molecule has 0 bridgehead atoms. The van der Waals surface area contributed by atoms with E-state index >= 15 is 0 Å². The van der Waals surface area contributed by atoms with Gasteiger partial charge in [-0.1, -0.05) is 6.07 Å². The summed E-state index contributed by atoms with van der Waals surface area (Å²) in [5.74, 6) is 0.354. The van der Waals surface area contributed by atoms with Gasteiger partial charge in [0.05, 0.1) is 12.8 Å². The van der Waals surface area contributed by atoms with Gasteiger partial charge < -0.3 is 4.74 Å². The second-order valence-corrected chi connectivity index (χ2v) is 4.01. The van der Waals surface area contributed by atoms with Gasteiger partial charge in [-0.25, -0.2) is 4.79 Å². The lowest BCUT2D eigenvalue weighted by molar-refractivity contribution is -0.141. The number of thioether (sulfide) groups is 1. The minimum absolute atomic E-state index is 0.284. The van der Waals surface area contributed by atoms with Crippen molar-refractivity contribution >= 4 is 22.8 Å². The Labute approximate surface area is 91.8 Å². The molecule has 78 valence electrons. The average molecular weight is 222 g/mol. The third-order valence-electron chi connectivity index (χ3n) is 2.01. The predicted molar refractivity (Wildman–Crippen MR) is 59.0 cm³/mol. The van der Waals surface area contributed by atoms with Crippen LogP contribution in [-0.4, -0.2) is 34.9 Å². The van der Waals surface area contributed by atoms with Crippen LogP contribution in [0, 0.1) is 0 Å². The van der Waals surface area contributed by atoms with Crippen molar-refractivity contribution in [3.63, 3.8) is 0 Å². The number of aliphatic imine (C=N–C) groups is 1. The van der Waals surface area contributed by atoms with Crippen molar-refractivity contribution in [2.75, 3.05) is 12.9 Å². The van der Waals surface area contributed by atoms with Gasteiger partial charge in [-0.15, -0.1) is 11.8 Å². The van der Waals surface area contributed by atoms with E-state index in [9.17, 15) is 4.79 Å². The Morgan fingerprint density at radius 1 is 1.60 bits per heavy atom. The molecule has 0 fully saturated rings. The van der Waals surface area contributed by atoms with Crippen LogP contribution in [0.15, 0.2) is 29.4 Å². The number of methoxy groups -OCH3 is 1. The zero-order chi connectivity index (χ0) is 10.7. The summed E-state index contributed by atoms with van der Waals surface area (Å²) in [6.07, 6.45) is 1.71. The Morgan fingerprint density at radius 3 is 3.13 bits per heavy atom. The van der Waals surface area contributed by atoms with Gasteiger partial charge >= 0.3 is 5.97 Å². The monoisotopic (exact) mass is 222 g/mol. The van der Waals surface area contributed by atoms with Crippen LogP contribution in [0.3, 0.4) is 0 Å². The molecule has 2 heterocycles. The largest absolute Gasteiger partial charge is 0.467 e. The molecule has 0 saturated heterocycles. The summed E-state index contributed by atoms with van der Waals surface area (Å²) in [7, 11) is 1.38.